The zero-order valence-electron chi connectivity index (χ0n) is 17.6. The van der Waals surface area contributed by atoms with E-state index in [1.807, 2.05) is 25.1 Å². The summed E-state index contributed by atoms with van der Waals surface area (Å²) in [5, 5.41) is 4.76. The van der Waals surface area contributed by atoms with Crippen molar-refractivity contribution in [1.29, 1.82) is 0 Å². The second kappa shape index (κ2) is 8.61. The number of amides is 1. The van der Waals surface area contributed by atoms with E-state index in [1.54, 1.807) is 17.0 Å². The molecule has 0 aliphatic carbocycles. The Morgan fingerprint density at radius 1 is 1.25 bits per heavy atom. The fourth-order valence-corrected chi connectivity index (χ4v) is 4.70. The van der Waals surface area contributed by atoms with Gasteiger partial charge in [-0.1, -0.05) is 35.0 Å². The predicted molar refractivity (Wildman–Crippen MR) is 117 cm³/mol. The second-order valence-electron chi connectivity index (χ2n) is 8.14. The molecule has 0 bridgehead atoms. The van der Waals surface area contributed by atoms with Gasteiger partial charge in [0.1, 0.15) is 11.9 Å². The van der Waals surface area contributed by atoms with E-state index in [4.69, 9.17) is 16.1 Å². The summed E-state index contributed by atoms with van der Waals surface area (Å²) >= 11 is 6.23. The lowest BCUT2D eigenvalue weighted by Gasteiger charge is -2.24. The minimum atomic E-state index is -0.385. The van der Waals surface area contributed by atoms with E-state index >= 15 is 0 Å². The minimum Gasteiger partial charge on any atom is -0.337 e. The maximum Gasteiger partial charge on any atom is 0.254 e. The van der Waals surface area contributed by atoms with Crippen LogP contribution in [0.4, 0.5) is 4.39 Å². The van der Waals surface area contributed by atoms with E-state index in [0.717, 1.165) is 17.5 Å². The first-order valence-electron chi connectivity index (χ1n) is 10.7. The summed E-state index contributed by atoms with van der Waals surface area (Å²) in [6, 6.07) is 9.58. The van der Waals surface area contributed by atoms with Crippen LogP contribution in [-0.2, 0) is 0 Å². The summed E-state index contributed by atoms with van der Waals surface area (Å²) in [7, 11) is 0. The molecule has 32 heavy (non-hydrogen) atoms. The molecule has 2 saturated heterocycles. The molecule has 0 radical (unpaired) electrons. The van der Waals surface area contributed by atoms with Gasteiger partial charge in [-0.15, -0.1) is 0 Å². The SMILES string of the molecule is Cc1c(Cl)cccc1-c1noc([C@@H]2CCCN2C(=O)c2cccc(F)c2C2CCNN2)n1. The van der Waals surface area contributed by atoms with Crippen molar-refractivity contribution >= 4 is 17.5 Å². The Bertz CT molecular complexity index is 1160. The van der Waals surface area contributed by atoms with Crippen molar-refractivity contribution in [2.24, 2.45) is 0 Å². The summed E-state index contributed by atoms with van der Waals surface area (Å²) in [4.78, 5) is 19.8. The predicted octanol–water partition coefficient (Wildman–Crippen LogP) is 4.35. The Hall–Kier alpha value is -2.81. The van der Waals surface area contributed by atoms with Gasteiger partial charge in [0.25, 0.3) is 5.91 Å². The Labute approximate surface area is 189 Å². The van der Waals surface area contributed by atoms with Gasteiger partial charge < -0.3 is 9.42 Å². The Morgan fingerprint density at radius 3 is 2.91 bits per heavy atom. The molecule has 2 N–H and O–H groups in total. The number of carbonyl (C=O) groups excluding carboxylic acids is 1. The molecule has 2 atom stereocenters. The second-order valence-corrected chi connectivity index (χ2v) is 8.55. The van der Waals surface area contributed by atoms with Crippen molar-refractivity contribution < 1.29 is 13.7 Å². The largest absolute Gasteiger partial charge is 0.337 e. The average molecular weight is 456 g/mol. The molecular weight excluding hydrogens is 433 g/mol. The van der Waals surface area contributed by atoms with Gasteiger partial charge in [-0.25, -0.2) is 4.39 Å². The molecule has 2 aliphatic heterocycles. The highest BCUT2D eigenvalue weighted by Crippen LogP contribution is 2.36. The monoisotopic (exact) mass is 455 g/mol. The van der Waals surface area contributed by atoms with Gasteiger partial charge in [-0.2, -0.15) is 4.98 Å². The number of hydrazine groups is 1. The van der Waals surface area contributed by atoms with Crippen LogP contribution >= 0.6 is 11.6 Å². The van der Waals surface area contributed by atoms with E-state index in [1.165, 1.54) is 6.07 Å². The third-order valence-electron chi connectivity index (χ3n) is 6.22. The van der Waals surface area contributed by atoms with Crippen LogP contribution in [0, 0.1) is 12.7 Å². The summed E-state index contributed by atoms with van der Waals surface area (Å²) in [6.45, 7) is 3.16. The van der Waals surface area contributed by atoms with Crippen LogP contribution in [0.2, 0.25) is 5.02 Å². The molecule has 9 heteroatoms. The fraction of sp³-hybridized carbons (Fsp3) is 0.348. The Morgan fingerprint density at radius 2 is 2.09 bits per heavy atom. The van der Waals surface area contributed by atoms with Crippen molar-refractivity contribution in [2.45, 2.75) is 38.3 Å². The topological polar surface area (TPSA) is 83.3 Å². The zero-order valence-corrected chi connectivity index (χ0v) is 18.3. The van der Waals surface area contributed by atoms with Crippen molar-refractivity contribution in [3.63, 3.8) is 0 Å². The molecule has 1 unspecified atom stereocenters. The van der Waals surface area contributed by atoms with Gasteiger partial charge in [-0.3, -0.25) is 15.6 Å². The lowest BCUT2D eigenvalue weighted by Crippen LogP contribution is -2.33. The molecule has 2 aliphatic rings. The minimum absolute atomic E-state index is 0.227. The summed E-state index contributed by atoms with van der Waals surface area (Å²) < 4.78 is 20.3. The Balaban J connectivity index is 1.45. The maximum absolute atomic E-state index is 14.7. The number of aromatic nitrogens is 2. The summed E-state index contributed by atoms with van der Waals surface area (Å²) in [5.74, 6) is 0.203. The first kappa shape index (κ1) is 21.1. The van der Waals surface area contributed by atoms with Crippen LogP contribution in [0.3, 0.4) is 0 Å². The fourth-order valence-electron chi connectivity index (χ4n) is 4.53. The molecule has 1 amide bonds. The van der Waals surface area contributed by atoms with Gasteiger partial charge in [0.2, 0.25) is 11.7 Å². The molecule has 2 aromatic carbocycles. The summed E-state index contributed by atoms with van der Waals surface area (Å²) in [6.07, 6.45) is 2.21. The number of hydrogen-bond donors (Lipinski definition) is 2. The molecule has 166 valence electrons. The quantitative estimate of drug-likeness (QED) is 0.608. The van der Waals surface area contributed by atoms with Crippen LogP contribution in [0.15, 0.2) is 40.9 Å². The van der Waals surface area contributed by atoms with Gasteiger partial charge >= 0.3 is 0 Å². The van der Waals surface area contributed by atoms with E-state index in [0.29, 0.717) is 53.8 Å². The van der Waals surface area contributed by atoms with Crippen LogP contribution in [0.25, 0.3) is 11.4 Å². The molecule has 3 heterocycles. The normalized spacial score (nSPS) is 20.8. The van der Waals surface area contributed by atoms with Crippen molar-refractivity contribution in [3.8, 4) is 11.4 Å². The number of hydrogen-bond acceptors (Lipinski definition) is 6. The highest BCUT2D eigenvalue weighted by molar-refractivity contribution is 6.31. The number of likely N-dealkylation sites (tertiary alicyclic amines) is 1. The van der Waals surface area contributed by atoms with Crippen LogP contribution in [0.1, 0.15) is 58.7 Å². The van der Waals surface area contributed by atoms with Gasteiger partial charge in [0, 0.05) is 34.8 Å². The number of halogens is 2. The molecule has 3 aromatic rings. The molecule has 7 nitrogen and oxygen atoms in total. The molecule has 1 aromatic heterocycles. The number of nitrogens with one attached hydrogen (secondary N) is 2. The van der Waals surface area contributed by atoms with E-state index in [2.05, 4.69) is 21.0 Å². The number of carbonyl (C=O) groups is 1. The number of benzene rings is 2. The van der Waals surface area contributed by atoms with Crippen LogP contribution in [-0.4, -0.2) is 34.0 Å². The van der Waals surface area contributed by atoms with Crippen molar-refractivity contribution in [2.75, 3.05) is 13.1 Å². The summed E-state index contributed by atoms with van der Waals surface area (Å²) in [5.41, 5.74) is 8.49. The molecule has 0 saturated carbocycles. The van der Waals surface area contributed by atoms with E-state index in [-0.39, 0.29) is 23.8 Å². The third-order valence-corrected chi connectivity index (χ3v) is 6.62. The zero-order chi connectivity index (χ0) is 22.2. The van der Waals surface area contributed by atoms with Crippen molar-refractivity contribution in [1.82, 2.24) is 25.9 Å². The molecular formula is C23H23ClFN5O2. The molecule has 0 spiro atoms. The molecule has 2 fully saturated rings. The number of nitrogens with zero attached hydrogens (tertiary/aromatic N) is 3. The van der Waals surface area contributed by atoms with Crippen molar-refractivity contribution in [3.05, 3.63) is 69.8 Å². The maximum atomic E-state index is 14.7. The Kier molecular flexibility index (Phi) is 5.67. The van der Waals surface area contributed by atoms with Gasteiger partial charge in [0.15, 0.2) is 0 Å². The highest BCUT2D eigenvalue weighted by atomic mass is 35.5. The van der Waals surface area contributed by atoms with Gasteiger partial charge in [-0.05, 0) is 49.9 Å². The highest BCUT2D eigenvalue weighted by Gasteiger charge is 2.37. The third kappa shape index (κ3) is 3.68. The first-order valence-corrected chi connectivity index (χ1v) is 11.1. The van der Waals surface area contributed by atoms with E-state index < -0.39 is 0 Å². The standard InChI is InChI=1S/C23H23ClFN5O2/c1-13-14(5-2-7-16(13)24)21-27-22(32-29-21)19-9-4-12-30(19)23(31)15-6-3-8-17(25)20(15)18-10-11-26-28-18/h2-3,5-8,18-19,26,28H,4,9-12H2,1H3/t18?,19-/m0/s1. The number of rotatable bonds is 4. The molecule has 5 rings (SSSR count). The van der Waals surface area contributed by atoms with E-state index in [9.17, 15) is 9.18 Å². The first-order chi connectivity index (χ1) is 15.5. The average Bonchev–Trinajstić information content (AvgIpc) is 3.56. The van der Waals surface area contributed by atoms with Gasteiger partial charge in [0.05, 0.1) is 6.04 Å². The lowest BCUT2D eigenvalue weighted by molar-refractivity contribution is 0.0707. The smallest absolute Gasteiger partial charge is 0.254 e. The van der Waals surface area contributed by atoms with Crippen LogP contribution < -0.4 is 10.9 Å². The van der Waals surface area contributed by atoms with Crippen LogP contribution in [0.5, 0.6) is 0 Å². The lowest BCUT2D eigenvalue weighted by atomic mass is 9.97.